The van der Waals surface area contributed by atoms with Gasteiger partial charge in [0.1, 0.15) is 32.5 Å². The van der Waals surface area contributed by atoms with Crippen LogP contribution in [0.1, 0.15) is 95.6 Å². The molecule has 3 aromatic heterocycles. The van der Waals surface area contributed by atoms with Crippen molar-refractivity contribution in [2.75, 3.05) is 0 Å². The normalized spacial score (nSPS) is 16.3. The molecule has 0 bridgehead atoms. The summed E-state index contributed by atoms with van der Waals surface area (Å²) in [6, 6.07) is 39.6. The zero-order valence-electron chi connectivity index (χ0n) is 43.7. The van der Waals surface area contributed by atoms with Crippen molar-refractivity contribution in [3.63, 3.8) is 0 Å². The maximum atomic E-state index is 16.2. The number of rotatable bonds is 14. The minimum Gasteiger partial charge on any atom is -0.459 e. The fraction of sp³-hybridized carbons (Fsp3) is 0.106. The number of hydrogen-bond donors (Lipinski definition) is 1. The molecule has 3 heterocycles. The largest absolute Gasteiger partial charge is 0.459 e. The first-order chi connectivity index (χ1) is 41.1. The molecule has 13 rings (SSSR count). The standard InChI is InChI=1S/C66H38F4O12S3/c67-46-25-39-40(26-47(46)68)55(72)43(54(39)71)21-37-23-45-58(83-37)51-52(65(45,61(75)79-29-33-13-5-1-6-14-33)62(76)80-30-34-15-7-2-8-16-34)60-53(59-50(85-60)24-38(84-59)22-44-56(73)41-27-48(69)49(70)28-42(41)57(44)74)66(51,63(77)81-31-35-17-9-3-10-18-35)64(78)82-32-36-19-11-4-12-20-36/h1-28,56,73H,29-32H2/b44-22-. The van der Waals surface area contributed by atoms with Gasteiger partial charge < -0.3 is 24.1 Å². The Morgan fingerprint density at radius 1 is 0.471 bits per heavy atom. The van der Waals surface area contributed by atoms with Gasteiger partial charge in [-0.25, -0.2) is 17.6 Å². The van der Waals surface area contributed by atoms with Crippen molar-refractivity contribution in [2.24, 2.45) is 0 Å². The number of Topliss-reactive ketones (excluding diaryl/α,β-unsaturated/α-hetero) is 3. The Balaban J connectivity index is 1.08. The van der Waals surface area contributed by atoms with E-state index in [4.69, 9.17) is 18.9 Å². The number of carbonyl (C=O) groups excluding carboxylic acids is 7. The first-order valence-corrected chi connectivity index (χ1v) is 28.6. The van der Waals surface area contributed by atoms with Gasteiger partial charge in [-0.3, -0.25) is 33.6 Å². The van der Waals surface area contributed by atoms with Crippen LogP contribution in [0.2, 0.25) is 0 Å². The molecule has 85 heavy (non-hydrogen) atoms. The maximum Gasteiger partial charge on any atom is 0.333 e. The fourth-order valence-corrected chi connectivity index (χ4v) is 15.4. The number of aliphatic hydroxyl groups is 1. The lowest BCUT2D eigenvalue weighted by Crippen LogP contribution is -2.45. The number of carbonyl (C=O) groups is 7. The summed E-state index contributed by atoms with van der Waals surface area (Å²) in [5.41, 5.74) is -6.42. The summed E-state index contributed by atoms with van der Waals surface area (Å²) in [7, 11) is 0. The maximum absolute atomic E-state index is 16.2. The van der Waals surface area contributed by atoms with Crippen LogP contribution < -0.4 is 0 Å². The van der Waals surface area contributed by atoms with Crippen molar-refractivity contribution in [1.29, 1.82) is 0 Å². The zero-order valence-corrected chi connectivity index (χ0v) is 46.2. The fourth-order valence-electron chi connectivity index (χ4n) is 11.3. The highest BCUT2D eigenvalue weighted by molar-refractivity contribution is 7.29. The number of ketones is 3. The van der Waals surface area contributed by atoms with E-state index in [1.54, 1.807) is 127 Å². The summed E-state index contributed by atoms with van der Waals surface area (Å²) in [5, 5.41) is 11.4. The van der Waals surface area contributed by atoms with Gasteiger partial charge in [0.05, 0.1) is 10.3 Å². The zero-order chi connectivity index (χ0) is 59.1. The van der Waals surface area contributed by atoms with Crippen LogP contribution in [0, 0.1) is 23.3 Å². The number of thiophene rings is 3. The second-order valence-corrected chi connectivity index (χ2v) is 23.5. The predicted molar refractivity (Wildman–Crippen MR) is 306 cm³/mol. The molecule has 0 aliphatic heterocycles. The Morgan fingerprint density at radius 2 is 0.882 bits per heavy atom. The van der Waals surface area contributed by atoms with E-state index in [0.29, 0.717) is 45.2 Å². The molecule has 6 aromatic carbocycles. The second-order valence-electron chi connectivity index (χ2n) is 20.2. The summed E-state index contributed by atoms with van der Waals surface area (Å²) in [5.74, 6) is -13.0. The van der Waals surface area contributed by atoms with Gasteiger partial charge in [-0.05, 0) is 76.4 Å². The molecule has 1 unspecified atom stereocenters. The first-order valence-electron chi connectivity index (χ1n) is 26.1. The second kappa shape index (κ2) is 21.3. The highest BCUT2D eigenvalue weighted by Gasteiger charge is 2.72. The quantitative estimate of drug-likeness (QED) is 0.0273. The van der Waals surface area contributed by atoms with Crippen molar-refractivity contribution < 1.29 is 75.2 Å². The lowest BCUT2D eigenvalue weighted by molar-refractivity contribution is -0.165. The van der Waals surface area contributed by atoms with Crippen LogP contribution in [0.5, 0.6) is 0 Å². The van der Waals surface area contributed by atoms with Crippen molar-refractivity contribution in [2.45, 2.75) is 43.4 Å². The molecule has 9 aromatic rings. The van der Waals surface area contributed by atoms with E-state index in [1.807, 2.05) is 0 Å². The monoisotopic (exact) mass is 1190 g/mol. The molecular formula is C66H38F4O12S3. The summed E-state index contributed by atoms with van der Waals surface area (Å²) in [6.07, 6.45) is 0.761. The van der Waals surface area contributed by atoms with Crippen molar-refractivity contribution in [1.82, 2.24) is 0 Å². The van der Waals surface area contributed by atoms with Crippen LogP contribution in [-0.2, 0) is 75.4 Å². The Bertz CT molecular complexity index is 4310. The molecule has 4 aliphatic carbocycles. The Labute approximate surface area is 491 Å². The third-order valence-corrected chi connectivity index (χ3v) is 18.7. The Kier molecular flexibility index (Phi) is 13.7. The molecule has 0 fully saturated rings. The average Bonchev–Trinajstić information content (AvgIpc) is 1.53. The molecule has 12 nitrogen and oxygen atoms in total. The first kappa shape index (κ1) is 54.7. The van der Waals surface area contributed by atoms with Crippen LogP contribution in [0.4, 0.5) is 17.6 Å². The van der Waals surface area contributed by atoms with Gasteiger partial charge in [0, 0.05) is 68.7 Å². The third-order valence-electron chi connectivity index (χ3n) is 15.3. The van der Waals surface area contributed by atoms with Gasteiger partial charge in [-0.15, -0.1) is 34.0 Å². The molecular weight excluding hydrogens is 1160 g/mol. The van der Waals surface area contributed by atoms with Gasteiger partial charge >= 0.3 is 23.9 Å². The van der Waals surface area contributed by atoms with E-state index in [9.17, 15) is 37.1 Å². The van der Waals surface area contributed by atoms with Gasteiger partial charge in [-0.2, -0.15) is 0 Å². The summed E-state index contributed by atoms with van der Waals surface area (Å²) >= 11 is 2.66. The smallest absolute Gasteiger partial charge is 0.333 e. The molecule has 0 amide bonds. The number of aliphatic hydroxyl groups excluding tert-OH is 1. The molecule has 0 spiro atoms. The number of benzene rings is 6. The summed E-state index contributed by atoms with van der Waals surface area (Å²) < 4.78 is 83.9. The van der Waals surface area contributed by atoms with Crippen LogP contribution in [0.15, 0.2) is 169 Å². The van der Waals surface area contributed by atoms with Crippen molar-refractivity contribution in [3.05, 3.63) is 267 Å². The van der Waals surface area contributed by atoms with E-state index in [1.165, 1.54) is 12.1 Å². The number of esters is 4. The molecule has 1 N–H and O–H groups in total. The highest BCUT2D eigenvalue weighted by Crippen LogP contribution is 2.69. The SMILES string of the molecule is O=C1C(=Cc2cc3c(s2)C2=C(c4sc5cc(/C=C6\C(=O)c7cc(F)c(F)cc7C6O)sc5c4C2(C(=O)OCc2ccccc2)C(=O)OCc2ccccc2)C3(C(=O)OCc2ccccc2)C(=O)OCc2ccccc2)C(=O)c2cc(F)c(F)cc21. The van der Waals surface area contributed by atoms with Crippen LogP contribution in [0.3, 0.4) is 0 Å². The van der Waals surface area contributed by atoms with E-state index in [-0.39, 0.29) is 63.2 Å². The molecule has 19 heteroatoms. The highest BCUT2D eigenvalue weighted by atomic mass is 32.1. The molecule has 420 valence electrons. The van der Waals surface area contributed by atoms with Crippen LogP contribution >= 0.6 is 34.0 Å². The molecule has 0 saturated carbocycles. The van der Waals surface area contributed by atoms with Crippen molar-refractivity contribution >= 4 is 108 Å². The minimum atomic E-state index is -2.80. The van der Waals surface area contributed by atoms with Crippen molar-refractivity contribution in [3.8, 4) is 0 Å². The Morgan fingerprint density at radius 3 is 1.35 bits per heavy atom. The van der Waals surface area contributed by atoms with E-state index >= 15 is 19.2 Å². The number of ether oxygens (including phenoxy) is 4. The number of hydrogen-bond acceptors (Lipinski definition) is 15. The molecule has 4 aliphatic rings. The lowest BCUT2D eigenvalue weighted by Gasteiger charge is -2.29. The number of fused-ring (bicyclic) bond motifs is 8. The van der Waals surface area contributed by atoms with Gasteiger partial charge in [0.15, 0.2) is 40.6 Å². The number of halogens is 4. The van der Waals surface area contributed by atoms with Gasteiger partial charge in [0.2, 0.25) is 10.8 Å². The molecule has 1 atom stereocenters. The Hall–Kier alpha value is -9.53. The van der Waals surface area contributed by atoms with E-state index in [2.05, 4.69) is 0 Å². The molecule has 0 saturated heterocycles. The molecule has 0 radical (unpaired) electrons. The third kappa shape index (κ3) is 8.83. The van der Waals surface area contributed by atoms with E-state index < -0.39 is 125 Å². The van der Waals surface area contributed by atoms with E-state index in [0.717, 1.165) is 46.2 Å². The van der Waals surface area contributed by atoms with Crippen LogP contribution in [-0.4, -0.2) is 46.3 Å². The summed E-state index contributed by atoms with van der Waals surface area (Å²) in [4.78, 5) is 107. The summed E-state index contributed by atoms with van der Waals surface area (Å²) in [6.45, 7) is -1.68. The van der Waals surface area contributed by atoms with Crippen LogP contribution in [0.25, 0.3) is 32.7 Å². The average molecular weight is 1200 g/mol. The topological polar surface area (TPSA) is 177 Å². The number of allylic oxidation sites excluding steroid dienone is 1. The lowest BCUT2D eigenvalue weighted by atomic mass is 9.76. The minimum absolute atomic E-state index is 0.00622. The predicted octanol–water partition coefficient (Wildman–Crippen LogP) is 12.7. The van der Waals surface area contributed by atoms with Gasteiger partial charge in [-0.1, -0.05) is 121 Å². The van der Waals surface area contributed by atoms with Gasteiger partial charge in [0.25, 0.3) is 0 Å².